The van der Waals surface area contributed by atoms with Crippen LogP contribution in [0.15, 0.2) is 83.9 Å². The molecule has 8 heteroatoms. The zero-order valence-corrected chi connectivity index (χ0v) is 18.2. The zero-order valence-electron chi connectivity index (χ0n) is 16.5. The first kappa shape index (κ1) is 20.9. The van der Waals surface area contributed by atoms with Gasteiger partial charge < -0.3 is 10.2 Å². The molecule has 1 aromatic carbocycles. The highest BCUT2D eigenvalue weighted by Crippen LogP contribution is 2.29. The molecule has 0 fully saturated rings. The fourth-order valence-electron chi connectivity index (χ4n) is 3.16. The van der Waals surface area contributed by atoms with E-state index in [1.807, 2.05) is 65.4 Å². The van der Waals surface area contributed by atoms with Crippen LogP contribution in [-0.4, -0.2) is 26.7 Å². The van der Waals surface area contributed by atoms with Crippen molar-refractivity contribution < 1.29 is 9.59 Å². The fraction of sp³-hybridized carbons (Fsp3) is 0.130. The highest BCUT2D eigenvalue weighted by Gasteiger charge is 2.33. The van der Waals surface area contributed by atoms with Gasteiger partial charge in [0.2, 0.25) is 5.91 Å². The summed E-state index contributed by atoms with van der Waals surface area (Å²) in [7, 11) is 0. The molecule has 0 spiro atoms. The first-order chi connectivity index (χ1) is 15.2. The van der Waals surface area contributed by atoms with Crippen LogP contribution in [0, 0.1) is 0 Å². The maximum absolute atomic E-state index is 13.4. The number of nitrogens with zero attached hydrogens (tertiary/aromatic N) is 3. The van der Waals surface area contributed by atoms with Crippen molar-refractivity contribution in [3.8, 4) is 0 Å². The van der Waals surface area contributed by atoms with Crippen LogP contribution < -0.4 is 5.32 Å². The maximum atomic E-state index is 13.4. The van der Waals surface area contributed by atoms with Gasteiger partial charge in [-0.1, -0.05) is 42.5 Å². The molecule has 3 heterocycles. The number of benzene rings is 1. The minimum absolute atomic E-state index is 0.205. The van der Waals surface area contributed by atoms with Crippen molar-refractivity contribution in [1.82, 2.24) is 20.2 Å². The van der Waals surface area contributed by atoms with Crippen molar-refractivity contribution >= 4 is 34.5 Å². The molecular weight excluding hydrogens is 428 g/mol. The molecule has 0 saturated heterocycles. The van der Waals surface area contributed by atoms with E-state index in [0.717, 1.165) is 15.3 Å². The van der Waals surface area contributed by atoms with Crippen LogP contribution in [0.4, 0.5) is 0 Å². The quantitative estimate of drug-likeness (QED) is 0.436. The summed E-state index contributed by atoms with van der Waals surface area (Å²) in [5.41, 5.74) is 1.20. The Morgan fingerprint density at radius 3 is 2.45 bits per heavy atom. The lowest BCUT2D eigenvalue weighted by Gasteiger charge is -2.30. The van der Waals surface area contributed by atoms with Gasteiger partial charge >= 0.3 is 0 Å². The predicted octanol–water partition coefficient (Wildman–Crippen LogP) is 4.30. The number of carbonyl (C=O) groups is 2. The Morgan fingerprint density at radius 2 is 1.77 bits per heavy atom. The van der Waals surface area contributed by atoms with E-state index < -0.39 is 6.04 Å². The Kier molecular flexibility index (Phi) is 6.81. The van der Waals surface area contributed by atoms with E-state index in [9.17, 15) is 9.59 Å². The molecule has 6 nitrogen and oxygen atoms in total. The second kappa shape index (κ2) is 10.1. The molecule has 0 saturated carbocycles. The number of thiophene rings is 2. The molecule has 0 aliphatic rings. The Morgan fingerprint density at radius 1 is 0.968 bits per heavy atom. The second-order valence-electron chi connectivity index (χ2n) is 6.72. The van der Waals surface area contributed by atoms with Crippen LogP contribution in [0.25, 0.3) is 0 Å². The van der Waals surface area contributed by atoms with Crippen LogP contribution in [0.1, 0.15) is 31.8 Å². The van der Waals surface area contributed by atoms with Gasteiger partial charge in [-0.3, -0.25) is 14.6 Å². The number of rotatable bonds is 8. The molecule has 2 amide bonds. The highest BCUT2D eigenvalue weighted by molar-refractivity contribution is 7.10. The number of aromatic nitrogens is 2. The van der Waals surface area contributed by atoms with E-state index in [0.29, 0.717) is 13.1 Å². The van der Waals surface area contributed by atoms with Gasteiger partial charge in [0.1, 0.15) is 11.7 Å². The van der Waals surface area contributed by atoms with Crippen molar-refractivity contribution in [3.05, 3.63) is 105 Å². The van der Waals surface area contributed by atoms with Gasteiger partial charge in [-0.25, -0.2) is 4.98 Å². The lowest BCUT2D eigenvalue weighted by Crippen LogP contribution is -2.43. The smallest absolute Gasteiger partial charge is 0.275 e. The van der Waals surface area contributed by atoms with Crippen LogP contribution in [0.5, 0.6) is 0 Å². The second-order valence-corrected chi connectivity index (χ2v) is 8.74. The van der Waals surface area contributed by atoms with E-state index in [-0.39, 0.29) is 17.5 Å². The number of hydrogen-bond acceptors (Lipinski definition) is 6. The molecule has 1 N–H and O–H groups in total. The molecule has 0 aliphatic heterocycles. The van der Waals surface area contributed by atoms with Crippen LogP contribution in [-0.2, 0) is 17.9 Å². The summed E-state index contributed by atoms with van der Waals surface area (Å²) in [6.07, 6.45) is 4.42. The van der Waals surface area contributed by atoms with E-state index in [1.54, 1.807) is 16.2 Å². The summed E-state index contributed by atoms with van der Waals surface area (Å²) in [5, 5.41) is 6.85. The maximum Gasteiger partial charge on any atom is 0.275 e. The van der Waals surface area contributed by atoms with E-state index in [2.05, 4.69) is 15.3 Å². The number of amides is 2. The number of carbonyl (C=O) groups excluding carboxylic acids is 2. The van der Waals surface area contributed by atoms with Gasteiger partial charge in [0.25, 0.3) is 5.91 Å². The molecule has 0 radical (unpaired) electrons. The van der Waals surface area contributed by atoms with Crippen LogP contribution >= 0.6 is 22.7 Å². The van der Waals surface area contributed by atoms with Gasteiger partial charge in [-0.2, -0.15) is 0 Å². The SMILES string of the molecule is O=C(NCc1ccccc1)C(c1cccs1)N(Cc1cccs1)C(=O)c1cnccn1. The monoisotopic (exact) mass is 448 g/mol. The largest absolute Gasteiger partial charge is 0.350 e. The molecule has 3 aromatic heterocycles. The predicted molar refractivity (Wildman–Crippen MR) is 122 cm³/mol. The molecule has 4 aromatic rings. The molecule has 4 rings (SSSR count). The number of hydrogen-bond donors (Lipinski definition) is 1. The Hall–Kier alpha value is -3.36. The summed E-state index contributed by atoms with van der Waals surface area (Å²) in [4.78, 5) is 38.4. The van der Waals surface area contributed by atoms with Crippen molar-refractivity contribution in [2.24, 2.45) is 0 Å². The van der Waals surface area contributed by atoms with Gasteiger partial charge in [-0.05, 0) is 28.5 Å². The molecule has 0 aliphatic carbocycles. The Labute approximate surface area is 188 Å². The first-order valence-electron chi connectivity index (χ1n) is 9.67. The van der Waals surface area contributed by atoms with E-state index in [1.165, 1.54) is 29.9 Å². The van der Waals surface area contributed by atoms with Crippen LogP contribution in [0.2, 0.25) is 0 Å². The van der Waals surface area contributed by atoms with Crippen molar-refractivity contribution in [3.63, 3.8) is 0 Å². The molecule has 156 valence electrons. The molecule has 31 heavy (non-hydrogen) atoms. The summed E-state index contributed by atoms with van der Waals surface area (Å²) in [5.74, 6) is -0.574. The van der Waals surface area contributed by atoms with E-state index in [4.69, 9.17) is 0 Å². The summed E-state index contributed by atoms with van der Waals surface area (Å²) in [6, 6.07) is 16.6. The average Bonchev–Trinajstić information content (AvgIpc) is 3.53. The lowest BCUT2D eigenvalue weighted by molar-refractivity contribution is -0.126. The van der Waals surface area contributed by atoms with Gasteiger partial charge in [0.05, 0.1) is 12.7 Å². The highest BCUT2D eigenvalue weighted by atomic mass is 32.1. The van der Waals surface area contributed by atoms with Gasteiger partial charge in [0.15, 0.2) is 0 Å². The molecule has 1 unspecified atom stereocenters. The fourth-order valence-corrected chi connectivity index (χ4v) is 4.70. The molecule has 1 atom stereocenters. The standard InChI is InChI=1S/C23H20N4O2S2/c28-22(26-14-17-6-2-1-3-7-17)21(20-9-5-13-31-20)27(16-18-8-4-12-30-18)23(29)19-15-24-10-11-25-19/h1-13,15,21H,14,16H2,(H,26,28). The number of nitrogens with one attached hydrogen (secondary N) is 1. The average molecular weight is 449 g/mol. The zero-order chi connectivity index (χ0) is 21.5. The van der Waals surface area contributed by atoms with Gasteiger partial charge in [0, 0.05) is 28.7 Å². The summed E-state index contributed by atoms with van der Waals surface area (Å²) >= 11 is 2.99. The molecule has 0 bridgehead atoms. The summed E-state index contributed by atoms with van der Waals surface area (Å²) < 4.78 is 0. The van der Waals surface area contributed by atoms with Crippen LogP contribution in [0.3, 0.4) is 0 Å². The van der Waals surface area contributed by atoms with Crippen molar-refractivity contribution in [1.29, 1.82) is 0 Å². The first-order valence-corrected chi connectivity index (χ1v) is 11.4. The topological polar surface area (TPSA) is 75.2 Å². The third kappa shape index (κ3) is 5.22. The molecular formula is C23H20N4O2S2. The van der Waals surface area contributed by atoms with Gasteiger partial charge in [-0.15, -0.1) is 22.7 Å². The Bertz CT molecular complexity index is 1100. The summed E-state index contributed by atoms with van der Waals surface area (Å²) in [6.45, 7) is 0.683. The van der Waals surface area contributed by atoms with Crippen molar-refractivity contribution in [2.75, 3.05) is 0 Å². The Balaban J connectivity index is 1.66. The third-order valence-corrected chi connectivity index (χ3v) is 6.42. The van der Waals surface area contributed by atoms with E-state index >= 15 is 0 Å². The minimum atomic E-state index is -0.777. The third-order valence-electron chi connectivity index (χ3n) is 4.63. The minimum Gasteiger partial charge on any atom is -0.350 e. The normalized spacial score (nSPS) is 11.6. The van der Waals surface area contributed by atoms with Crippen molar-refractivity contribution in [2.45, 2.75) is 19.1 Å². The lowest BCUT2D eigenvalue weighted by atomic mass is 10.1.